The van der Waals surface area contributed by atoms with Crippen LogP contribution in [0.15, 0.2) is 157 Å². The summed E-state index contributed by atoms with van der Waals surface area (Å²) >= 11 is 1.81. The highest BCUT2D eigenvalue weighted by molar-refractivity contribution is 7.20. The van der Waals surface area contributed by atoms with Gasteiger partial charge in [0.2, 0.25) is 0 Å². The molecule has 1 heterocycles. The zero-order chi connectivity index (χ0) is 31.6. The third kappa shape index (κ3) is 7.30. The van der Waals surface area contributed by atoms with Crippen LogP contribution in [0.1, 0.15) is 52.5 Å². The summed E-state index contributed by atoms with van der Waals surface area (Å²) < 4.78 is 0. The molecule has 0 radical (unpaired) electrons. The predicted molar refractivity (Wildman–Crippen MR) is 199 cm³/mol. The topological polar surface area (TPSA) is 9.72 Å². The third-order valence-electron chi connectivity index (χ3n) is 7.64. The van der Waals surface area contributed by atoms with Crippen LogP contribution in [0.3, 0.4) is 0 Å². The number of rotatable bonds is 12. The average Bonchev–Trinajstić information content (AvgIpc) is 3.54. The van der Waals surface area contributed by atoms with Crippen molar-refractivity contribution in [3.05, 3.63) is 163 Å². The molecule has 0 aliphatic heterocycles. The Hall–Kier alpha value is -4.80. The summed E-state index contributed by atoms with van der Waals surface area (Å²) in [4.78, 5) is 7.01. The largest absolute Gasteiger partial charge is 0.315 e. The molecule has 0 N–H and O–H groups in total. The van der Waals surface area contributed by atoms with Gasteiger partial charge in [-0.25, -0.2) is 0 Å². The number of thiophene rings is 1. The van der Waals surface area contributed by atoms with Crippen LogP contribution in [0.5, 0.6) is 0 Å². The van der Waals surface area contributed by atoms with Crippen LogP contribution in [0.2, 0.25) is 0 Å². The Morgan fingerprint density at radius 1 is 0.844 bits per heavy atom. The fourth-order valence-corrected chi connectivity index (χ4v) is 6.73. The molecule has 5 rings (SSSR count). The van der Waals surface area contributed by atoms with Gasteiger partial charge in [0.1, 0.15) is 10.0 Å². The van der Waals surface area contributed by atoms with Crippen molar-refractivity contribution in [3.8, 4) is 0 Å². The first-order chi connectivity index (χ1) is 22.0. The predicted octanol–water partition coefficient (Wildman–Crippen LogP) is 12.8. The molecule has 0 fully saturated rings. The minimum atomic E-state index is 0.957. The zero-order valence-corrected chi connectivity index (χ0v) is 27.7. The molecular weight excluding hydrogens is 567 g/mol. The Morgan fingerprint density at radius 2 is 1.56 bits per heavy atom. The molecule has 0 bridgehead atoms. The van der Waals surface area contributed by atoms with Crippen molar-refractivity contribution in [1.29, 1.82) is 0 Å². The van der Waals surface area contributed by atoms with E-state index in [0.717, 1.165) is 58.3 Å². The van der Waals surface area contributed by atoms with Crippen LogP contribution in [0.25, 0.3) is 6.08 Å². The fourth-order valence-electron chi connectivity index (χ4n) is 5.63. The summed E-state index contributed by atoms with van der Waals surface area (Å²) in [5, 5.41) is 2.35. The molecule has 0 atom stereocenters. The molecule has 4 aromatic rings. The third-order valence-corrected chi connectivity index (χ3v) is 8.70. The lowest BCUT2D eigenvalue weighted by molar-refractivity contribution is 0.905. The molecule has 1 aliphatic rings. The number of anilines is 6. The van der Waals surface area contributed by atoms with Gasteiger partial charge >= 0.3 is 0 Å². The van der Waals surface area contributed by atoms with E-state index in [1.54, 1.807) is 0 Å². The van der Waals surface area contributed by atoms with E-state index in [1.165, 1.54) is 16.4 Å². The standard InChI is InChI=1S/C41H43N3S/c1-6-9-20-33-31-38(27-28-39(33)42(32(4)5)35-21-13-10-14-22-35)44(37-25-17-12-18-26-37)41-30-29-40(45-41)43(34(8-3)19-7-2)36-23-15-11-16-24-36/h7-15,17-23,25-31H,4,6,16,24H2,1-3,5H3/b19-7-,20-9?,34-8+. The molecule has 1 aliphatic carbocycles. The molecule has 1 aromatic heterocycles. The number of para-hydroxylation sites is 2. The van der Waals surface area contributed by atoms with Gasteiger partial charge in [-0.2, -0.15) is 0 Å². The Labute approximate surface area is 273 Å². The first-order valence-electron chi connectivity index (χ1n) is 15.8. The molecule has 228 valence electrons. The lowest BCUT2D eigenvalue weighted by Crippen LogP contribution is -2.20. The van der Waals surface area contributed by atoms with E-state index in [2.05, 4.69) is 189 Å². The van der Waals surface area contributed by atoms with Crippen LogP contribution in [0, 0.1) is 0 Å². The van der Waals surface area contributed by atoms with Crippen molar-refractivity contribution >= 4 is 50.2 Å². The van der Waals surface area contributed by atoms with Gasteiger partial charge in [-0.3, -0.25) is 0 Å². The molecule has 4 heteroatoms. The van der Waals surface area contributed by atoms with Crippen molar-refractivity contribution in [3.63, 3.8) is 0 Å². The first-order valence-corrected chi connectivity index (χ1v) is 16.6. The van der Waals surface area contributed by atoms with E-state index < -0.39 is 0 Å². The van der Waals surface area contributed by atoms with Gasteiger partial charge in [0, 0.05) is 39.7 Å². The maximum atomic E-state index is 4.34. The molecule has 0 saturated carbocycles. The summed E-state index contributed by atoms with van der Waals surface area (Å²) in [6, 6.07) is 32.4. The minimum Gasteiger partial charge on any atom is -0.315 e. The molecular formula is C41H43N3S. The molecule has 3 aromatic carbocycles. The van der Waals surface area contributed by atoms with Gasteiger partial charge in [0.05, 0.1) is 5.69 Å². The quantitative estimate of drug-likeness (QED) is 0.148. The normalized spacial score (nSPS) is 13.3. The zero-order valence-electron chi connectivity index (χ0n) is 26.9. The monoisotopic (exact) mass is 609 g/mol. The minimum absolute atomic E-state index is 0.957. The summed E-state index contributed by atoms with van der Waals surface area (Å²) in [7, 11) is 0. The molecule has 3 nitrogen and oxygen atoms in total. The Kier molecular flexibility index (Phi) is 10.7. The highest BCUT2D eigenvalue weighted by Gasteiger charge is 2.22. The SMILES string of the molecule is C=C(C)N(c1ccccc1)c1ccc(N(c2ccccc2)c2ccc(N(C3=CC=CCC3)C(/C=C\C)=C/C)s2)cc1C=CCC. The van der Waals surface area contributed by atoms with Gasteiger partial charge in [0.15, 0.2) is 0 Å². The smallest absolute Gasteiger partial charge is 0.102 e. The number of benzene rings is 3. The Bertz CT molecular complexity index is 1740. The Morgan fingerprint density at radius 3 is 2.18 bits per heavy atom. The Balaban J connectivity index is 1.64. The number of nitrogens with zero attached hydrogens (tertiary/aromatic N) is 3. The highest BCUT2D eigenvalue weighted by Crippen LogP contribution is 2.45. The number of allylic oxidation sites excluding steroid dienone is 9. The van der Waals surface area contributed by atoms with E-state index in [-0.39, 0.29) is 0 Å². The van der Waals surface area contributed by atoms with E-state index in [1.807, 2.05) is 11.3 Å². The molecule has 0 unspecified atom stereocenters. The van der Waals surface area contributed by atoms with Crippen molar-refractivity contribution in [2.45, 2.75) is 47.0 Å². The van der Waals surface area contributed by atoms with Crippen LogP contribution < -0.4 is 14.7 Å². The van der Waals surface area contributed by atoms with Gasteiger partial charge in [-0.05, 0) is 107 Å². The average molecular weight is 610 g/mol. The van der Waals surface area contributed by atoms with Crippen LogP contribution in [-0.4, -0.2) is 0 Å². The molecule has 0 amide bonds. The molecule has 0 spiro atoms. The maximum absolute atomic E-state index is 4.34. The first kappa shape index (κ1) is 31.6. The molecule has 45 heavy (non-hydrogen) atoms. The second-order valence-corrected chi connectivity index (χ2v) is 12.0. The number of hydrogen-bond acceptors (Lipinski definition) is 4. The van der Waals surface area contributed by atoms with Gasteiger partial charge in [-0.1, -0.05) is 97.7 Å². The van der Waals surface area contributed by atoms with E-state index in [0.29, 0.717) is 0 Å². The van der Waals surface area contributed by atoms with Crippen molar-refractivity contribution in [2.24, 2.45) is 0 Å². The maximum Gasteiger partial charge on any atom is 0.102 e. The highest BCUT2D eigenvalue weighted by atomic mass is 32.1. The van der Waals surface area contributed by atoms with Gasteiger partial charge in [-0.15, -0.1) is 0 Å². The second-order valence-electron chi connectivity index (χ2n) is 10.9. The van der Waals surface area contributed by atoms with E-state index in [9.17, 15) is 0 Å². The lowest BCUT2D eigenvalue weighted by Gasteiger charge is -2.30. The van der Waals surface area contributed by atoms with E-state index in [4.69, 9.17) is 0 Å². The summed E-state index contributed by atoms with van der Waals surface area (Å²) in [6.07, 6.45) is 20.6. The van der Waals surface area contributed by atoms with E-state index >= 15 is 0 Å². The van der Waals surface area contributed by atoms with Gasteiger partial charge < -0.3 is 14.7 Å². The van der Waals surface area contributed by atoms with Crippen LogP contribution in [0.4, 0.5) is 32.8 Å². The van der Waals surface area contributed by atoms with Crippen LogP contribution >= 0.6 is 11.3 Å². The molecule has 0 saturated heterocycles. The van der Waals surface area contributed by atoms with Crippen molar-refractivity contribution in [2.75, 3.05) is 14.7 Å². The van der Waals surface area contributed by atoms with Crippen molar-refractivity contribution in [1.82, 2.24) is 0 Å². The second kappa shape index (κ2) is 15.3. The number of hydrogen-bond donors (Lipinski definition) is 0. The lowest BCUT2D eigenvalue weighted by atomic mass is 10.1. The summed E-state index contributed by atoms with van der Waals surface area (Å²) in [5.41, 5.74) is 9.02. The summed E-state index contributed by atoms with van der Waals surface area (Å²) in [5.74, 6) is 0. The van der Waals surface area contributed by atoms with Crippen LogP contribution in [-0.2, 0) is 0 Å². The fraction of sp³-hybridized carbons (Fsp3) is 0.171. The van der Waals surface area contributed by atoms with Gasteiger partial charge in [0.25, 0.3) is 0 Å². The van der Waals surface area contributed by atoms with Crippen molar-refractivity contribution < 1.29 is 0 Å². The summed E-state index contributed by atoms with van der Waals surface area (Å²) in [6.45, 7) is 12.8.